The van der Waals surface area contributed by atoms with E-state index in [2.05, 4.69) is 30.2 Å². The maximum atomic E-state index is 12.4. The van der Waals surface area contributed by atoms with Crippen molar-refractivity contribution in [3.05, 3.63) is 42.2 Å². The fraction of sp³-hybridized carbons (Fsp3) is 0.188. The molecule has 152 valence electrons. The number of amides is 1. The zero-order valence-corrected chi connectivity index (χ0v) is 17.6. The zero-order chi connectivity index (χ0) is 20.9. The standard InChI is InChI=1S/C16H17N7O3S3/c1-10-6-8-18-15(19-10)23-29(25,26)12-4-2-11(3-5-12)20-13(24)7-9-27-16-22-21-14(17)28-16/h2-6,8H,7,9H2,1H3,(H2,17,21)(H,20,24)(H,18,19,23). The van der Waals surface area contributed by atoms with Crippen LogP contribution in [0, 0.1) is 6.92 Å². The molecule has 1 amide bonds. The molecule has 0 saturated carbocycles. The highest BCUT2D eigenvalue weighted by molar-refractivity contribution is 8.01. The van der Waals surface area contributed by atoms with Crippen LogP contribution in [0.4, 0.5) is 16.8 Å². The van der Waals surface area contributed by atoms with Gasteiger partial charge in [-0.3, -0.25) is 4.79 Å². The van der Waals surface area contributed by atoms with E-state index >= 15 is 0 Å². The third-order valence-corrected chi connectivity index (χ3v) is 6.68. The number of aromatic nitrogens is 4. The van der Waals surface area contributed by atoms with Crippen molar-refractivity contribution in [2.75, 3.05) is 21.5 Å². The van der Waals surface area contributed by atoms with E-state index in [-0.39, 0.29) is 23.2 Å². The number of hydrogen-bond donors (Lipinski definition) is 3. The first kappa shape index (κ1) is 21.0. The molecule has 0 atom stereocenters. The fourth-order valence-electron chi connectivity index (χ4n) is 2.13. The molecule has 4 N–H and O–H groups in total. The van der Waals surface area contributed by atoms with Crippen LogP contribution in [-0.4, -0.2) is 40.2 Å². The molecule has 0 aliphatic rings. The van der Waals surface area contributed by atoms with Gasteiger partial charge in [0.05, 0.1) is 4.90 Å². The van der Waals surface area contributed by atoms with E-state index in [0.29, 0.717) is 26.6 Å². The van der Waals surface area contributed by atoms with E-state index in [4.69, 9.17) is 5.73 Å². The summed E-state index contributed by atoms with van der Waals surface area (Å²) in [5.41, 5.74) is 6.64. The van der Waals surface area contributed by atoms with Crippen molar-refractivity contribution in [3.63, 3.8) is 0 Å². The Hall–Kier alpha value is -2.77. The molecule has 0 unspecified atom stereocenters. The number of sulfonamides is 1. The number of carbonyl (C=O) groups excluding carboxylic acids is 1. The van der Waals surface area contributed by atoms with Crippen molar-refractivity contribution in [2.24, 2.45) is 0 Å². The molecule has 13 heteroatoms. The normalized spacial score (nSPS) is 11.2. The van der Waals surface area contributed by atoms with Crippen molar-refractivity contribution < 1.29 is 13.2 Å². The SMILES string of the molecule is Cc1ccnc(NS(=O)(=O)c2ccc(NC(=O)CCSc3nnc(N)s3)cc2)n1. The van der Waals surface area contributed by atoms with Gasteiger partial charge in [0.25, 0.3) is 10.0 Å². The van der Waals surface area contributed by atoms with Gasteiger partial charge in [0.2, 0.25) is 17.0 Å². The fourth-order valence-corrected chi connectivity index (χ4v) is 4.72. The molecule has 0 saturated heterocycles. The second kappa shape index (κ2) is 9.15. The number of aryl methyl sites for hydroxylation is 1. The third-order valence-electron chi connectivity index (χ3n) is 3.45. The molecule has 0 fully saturated rings. The number of carbonyl (C=O) groups is 1. The smallest absolute Gasteiger partial charge is 0.264 e. The molecule has 0 aliphatic carbocycles. The number of nitrogens with zero attached hydrogens (tertiary/aromatic N) is 4. The molecule has 1 aromatic carbocycles. The summed E-state index contributed by atoms with van der Waals surface area (Å²) < 4.78 is 27.9. The lowest BCUT2D eigenvalue weighted by Gasteiger charge is -2.08. The quantitative estimate of drug-likeness (QED) is 0.437. The Morgan fingerprint density at radius 3 is 2.62 bits per heavy atom. The van der Waals surface area contributed by atoms with Crippen LogP contribution in [0.15, 0.2) is 45.8 Å². The molecule has 0 radical (unpaired) electrons. The van der Waals surface area contributed by atoms with Crippen LogP contribution in [0.5, 0.6) is 0 Å². The van der Waals surface area contributed by atoms with Crippen LogP contribution in [0.25, 0.3) is 0 Å². The third kappa shape index (κ3) is 6.10. The van der Waals surface area contributed by atoms with Crippen molar-refractivity contribution in [1.82, 2.24) is 20.2 Å². The Labute approximate surface area is 175 Å². The molecule has 2 heterocycles. The first-order valence-corrected chi connectivity index (χ1v) is 11.5. The van der Waals surface area contributed by atoms with Crippen molar-refractivity contribution >= 4 is 55.8 Å². The Morgan fingerprint density at radius 2 is 1.97 bits per heavy atom. The van der Waals surface area contributed by atoms with E-state index in [0.717, 1.165) is 0 Å². The topological polar surface area (TPSA) is 153 Å². The molecule has 2 aromatic heterocycles. The van der Waals surface area contributed by atoms with E-state index in [1.54, 1.807) is 13.0 Å². The average molecular weight is 452 g/mol. The number of thioether (sulfide) groups is 1. The maximum Gasteiger partial charge on any atom is 0.264 e. The summed E-state index contributed by atoms with van der Waals surface area (Å²) in [6.45, 7) is 1.73. The molecule has 0 aliphatic heterocycles. The zero-order valence-electron chi connectivity index (χ0n) is 15.2. The van der Waals surface area contributed by atoms with Gasteiger partial charge in [0.1, 0.15) is 0 Å². The number of benzene rings is 1. The Morgan fingerprint density at radius 1 is 1.21 bits per heavy atom. The van der Waals surface area contributed by atoms with Crippen molar-refractivity contribution in [1.29, 1.82) is 0 Å². The van der Waals surface area contributed by atoms with E-state index < -0.39 is 10.0 Å². The summed E-state index contributed by atoms with van der Waals surface area (Å²) in [6.07, 6.45) is 1.73. The minimum absolute atomic E-state index is 0.00272. The predicted molar refractivity (Wildman–Crippen MR) is 112 cm³/mol. The van der Waals surface area contributed by atoms with Crippen LogP contribution in [0.2, 0.25) is 0 Å². The van der Waals surface area contributed by atoms with Crippen LogP contribution in [0.1, 0.15) is 12.1 Å². The van der Waals surface area contributed by atoms with Gasteiger partial charge in [0, 0.05) is 29.8 Å². The highest BCUT2D eigenvalue weighted by atomic mass is 32.2. The van der Waals surface area contributed by atoms with Crippen LogP contribution >= 0.6 is 23.1 Å². The van der Waals surface area contributed by atoms with Crippen molar-refractivity contribution in [3.8, 4) is 0 Å². The van der Waals surface area contributed by atoms with Gasteiger partial charge < -0.3 is 11.1 Å². The second-order valence-corrected chi connectivity index (χ2v) is 9.74. The number of nitrogen functional groups attached to an aromatic ring is 1. The number of hydrogen-bond acceptors (Lipinski definition) is 10. The highest BCUT2D eigenvalue weighted by Gasteiger charge is 2.16. The lowest BCUT2D eigenvalue weighted by Crippen LogP contribution is -2.16. The van der Waals surface area contributed by atoms with Gasteiger partial charge in [0.15, 0.2) is 4.34 Å². The first-order valence-electron chi connectivity index (χ1n) is 8.26. The average Bonchev–Trinajstić information content (AvgIpc) is 3.07. The molecular formula is C16H17N7O3S3. The summed E-state index contributed by atoms with van der Waals surface area (Å²) in [5.74, 6) is 0.321. The van der Waals surface area contributed by atoms with Gasteiger partial charge in [-0.2, -0.15) is 0 Å². The minimum atomic E-state index is -3.83. The number of rotatable bonds is 8. The minimum Gasteiger partial charge on any atom is -0.374 e. The van der Waals surface area contributed by atoms with Gasteiger partial charge in [-0.15, -0.1) is 10.2 Å². The first-order chi connectivity index (χ1) is 13.8. The van der Waals surface area contributed by atoms with Gasteiger partial charge in [-0.25, -0.2) is 23.1 Å². The monoisotopic (exact) mass is 451 g/mol. The second-order valence-electron chi connectivity index (χ2n) is 5.70. The molecule has 29 heavy (non-hydrogen) atoms. The van der Waals surface area contributed by atoms with Gasteiger partial charge in [-0.05, 0) is 37.3 Å². The summed E-state index contributed by atoms with van der Waals surface area (Å²) >= 11 is 2.66. The Kier molecular flexibility index (Phi) is 6.61. The molecular weight excluding hydrogens is 434 g/mol. The van der Waals surface area contributed by atoms with Crippen LogP contribution < -0.4 is 15.8 Å². The molecule has 0 bridgehead atoms. The lowest BCUT2D eigenvalue weighted by atomic mass is 10.3. The number of nitrogens with one attached hydrogen (secondary N) is 2. The summed E-state index contributed by atoms with van der Waals surface area (Å²) in [4.78, 5) is 20.0. The number of anilines is 3. The van der Waals surface area contributed by atoms with E-state index in [1.807, 2.05) is 0 Å². The molecule has 3 aromatic rings. The van der Waals surface area contributed by atoms with Crippen molar-refractivity contribution in [2.45, 2.75) is 22.6 Å². The van der Waals surface area contributed by atoms with Crippen LogP contribution in [0.3, 0.4) is 0 Å². The molecule has 3 rings (SSSR count). The number of nitrogens with two attached hydrogens (primary N) is 1. The summed E-state index contributed by atoms with van der Waals surface area (Å²) in [5, 5.41) is 10.7. The van der Waals surface area contributed by atoms with E-state index in [1.165, 1.54) is 53.6 Å². The maximum absolute atomic E-state index is 12.4. The lowest BCUT2D eigenvalue weighted by molar-refractivity contribution is -0.115. The Balaban J connectivity index is 1.54. The predicted octanol–water partition coefficient (Wildman–Crippen LogP) is 2.14. The van der Waals surface area contributed by atoms with Crippen LogP contribution in [-0.2, 0) is 14.8 Å². The summed E-state index contributed by atoms with van der Waals surface area (Å²) in [6, 6.07) is 7.49. The largest absolute Gasteiger partial charge is 0.374 e. The Bertz CT molecular complexity index is 1100. The van der Waals surface area contributed by atoms with E-state index in [9.17, 15) is 13.2 Å². The summed E-state index contributed by atoms with van der Waals surface area (Å²) in [7, 11) is -3.83. The van der Waals surface area contributed by atoms with Gasteiger partial charge in [-0.1, -0.05) is 23.1 Å². The highest BCUT2D eigenvalue weighted by Crippen LogP contribution is 2.24. The molecule has 0 spiro atoms. The van der Waals surface area contributed by atoms with Gasteiger partial charge >= 0.3 is 0 Å². The molecule has 10 nitrogen and oxygen atoms in total.